The van der Waals surface area contributed by atoms with Gasteiger partial charge in [0.05, 0.1) is 6.42 Å². The van der Waals surface area contributed by atoms with Gasteiger partial charge in [-0.05, 0) is 48.2 Å². The van der Waals surface area contributed by atoms with Crippen molar-refractivity contribution < 1.29 is 13.9 Å². The number of likely N-dealkylation sites (N-methyl/N-ethyl adjacent to an activating group) is 1. The fraction of sp³-hybridized carbons (Fsp3) is 0.316. The molecular formula is C19H21ClFNO2. The third kappa shape index (κ3) is 4.26. The van der Waals surface area contributed by atoms with Crippen LogP contribution in [0.1, 0.15) is 29.2 Å². The molecule has 0 aromatic heterocycles. The molecular weight excluding hydrogens is 329 g/mol. The lowest BCUT2D eigenvalue weighted by Gasteiger charge is -2.14. The highest BCUT2D eigenvalue weighted by Gasteiger charge is 2.13. The fourth-order valence-corrected chi connectivity index (χ4v) is 2.78. The second-order valence-electron chi connectivity index (χ2n) is 5.58. The Morgan fingerprint density at radius 2 is 2.04 bits per heavy atom. The Hall–Kier alpha value is -2.07. The van der Waals surface area contributed by atoms with Crippen LogP contribution in [0, 0.1) is 12.7 Å². The molecule has 1 N–H and O–H groups in total. The minimum Gasteiger partial charge on any atom is -0.486 e. The number of rotatable bonds is 6. The Kier molecular flexibility index (Phi) is 6.21. The largest absolute Gasteiger partial charge is 0.486 e. The third-order valence-corrected chi connectivity index (χ3v) is 4.34. The van der Waals surface area contributed by atoms with Crippen molar-refractivity contribution in [2.24, 2.45) is 0 Å². The summed E-state index contributed by atoms with van der Waals surface area (Å²) in [6.07, 6.45) is 0.968. The Bertz CT molecular complexity index is 746. The zero-order valence-corrected chi connectivity index (χ0v) is 14.8. The molecule has 0 bridgehead atoms. The molecule has 0 unspecified atom stereocenters. The lowest BCUT2D eigenvalue weighted by molar-refractivity contribution is -0.119. The molecule has 0 radical (unpaired) electrons. The molecule has 128 valence electrons. The van der Waals surface area contributed by atoms with Crippen molar-refractivity contribution in [3.63, 3.8) is 0 Å². The molecule has 2 aromatic carbocycles. The number of nitrogens with one attached hydrogen (secondary N) is 1. The van der Waals surface area contributed by atoms with E-state index in [-0.39, 0.29) is 24.7 Å². The number of halogens is 2. The van der Waals surface area contributed by atoms with Gasteiger partial charge in [-0.15, -0.1) is 0 Å². The highest BCUT2D eigenvalue weighted by Crippen LogP contribution is 2.26. The normalized spacial score (nSPS) is 10.5. The molecule has 0 atom stereocenters. The number of hydrogen-bond donors (Lipinski definition) is 1. The molecule has 0 aliphatic heterocycles. The van der Waals surface area contributed by atoms with E-state index in [1.54, 1.807) is 25.2 Å². The zero-order valence-electron chi connectivity index (χ0n) is 14.1. The van der Waals surface area contributed by atoms with Gasteiger partial charge in [-0.3, -0.25) is 4.79 Å². The second-order valence-corrected chi connectivity index (χ2v) is 5.99. The fourth-order valence-electron chi connectivity index (χ4n) is 2.53. The Balaban J connectivity index is 2.23. The van der Waals surface area contributed by atoms with Crippen LogP contribution >= 0.6 is 11.6 Å². The Morgan fingerprint density at radius 3 is 2.71 bits per heavy atom. The molecule has 0 saturated heterocycles. The summed E-state index contributed by atoms with van der Waals surface area (Å²) in [6, 6.07) is 8.54. The molecule has 0 aliphatic carbocycles. The van der Waals surface area contributed by atoms with Gasteiger partial charge in [0, 0.05) is 17.6 Å². The first-order valence-corrected chi connectivity index (χ1v) is 8.22. The van der Waals surface area contributed by atoms with E-state index >= 15 is 0 Å². The monoisotopic (exact) mass is 349 g/mol. The van der Waals surface area contributed by atoms with E-state index in [1.165, 1.54) is 6.07 Å². The average molecular weight is 350 g/mol. The predicted octanol–water partition coefficient (Wildman–Crippen LogP) is 4.22. The van der Waals surface area contributed by atoms with Gasteiger partial charge in [0.1, 0.15) is 6.61 Å². The van der Waals surface area contributed by atoms with Crippen molar-refractivity contribution in [1.82, 2.24) is 5.32 Å². The molecule has 0 spiro atoms. The number of aryl methyl sites for hydroxylation is 2. The third-order valence-electron chi connectivity index (χ3n) is 3.99. The summed E-state index contributed by atoms with van der Waals surface area (Å²) in [5.41, 5.74) is 3.40. The van der Waals surface area contributed by atoms with Crippen LogP contribution in [0.25, 0.3) is 0 Å². The van der Waals surface area contributed by atoms with Crippen LogP contribution in [-0.4, -0.2) is 13.0 Å². The number of carbonyl (C=O) groups excluding carboxylic acids is 1. The average Bonchev–Trinajstić information content (AvgIpc) is 2.56. The molecule has 3 nitrogen and oxygen atoms in total. The van der Waals surface area contributed by atoms with Crippen LogP contribution in [0.15, 0.2) is 30.3 Å². The summed E-state index contributed by atoms with van der Waals surface area (Å²) in [4.78, 5) is 11.6. The van der Waals surface area contributed by atoms with Crippen LogP contribution in [-0.2, 0) is 24.2 Å². The first kappa shape index (κ1) is 18.3. The highest BCUT2D eigenvalue weighted by molar-refractivity contribution is 6.31. The van der Waals surface area contributed by atoms with E-state index in [0.29, 0.717) is 10.6 Å². The van der Waals surface area contributed by atoms with Gasteiger partial charge in [-0.2, -0.15) is 0 Å². The van der Waals surface area contributed by atoms with Crippen molar-refractivity contribution in [2.75, 3.05) is 7.05 Å². The van der Waals surface area contributed by atoms with E-state index in [0.717, 1.165) is 23.1 Å². The van der Waals surface area contributed by atoms with E-state index in [4.69, 9.17) is 16.3 Å². The van der Waals surface area contributed by atoms with Gasteiger partial charge in [-0.1, -0.05) is 30.7 Å². The lowest BCUT2D eigenvalue weighted by atomic mass is 10.0. The van der Waals surface area contributed by atoms with Crippen LogP contribution in [0.2, 0.25) is 5.02 Å². The molecule has 1 amide bonds. The number of benzene rings is 2. The first-order chi connectivity index (χ1) is 11.5. The molecule has 2 aromatic rings. The van der Waals surface area contributed by atoms with Gasteiger partial charge < -0.3 is 10.1 Å². The second kappa shape index (κ2) is 8.15. The minimum atomic E-state index is -0.391. The summed E-state index contributed by atoms with van der Waals surface area (Å²) in [6.45, 7) is 4.02. The lowest BCUT2D eigenvalue weighted by Crippen LogP contribution is -2.21. The Morgan fingerprint density at radius 1 is 1.29 bits per heavy atom. The molecule has 0 fully saturated rings. The quantitative estimate of drug-likeness (QED) is 0.848. The van der Waals surface area contributed by atoms with E-state index in [2.05, 4.69) is 5.32 Å². The van der Waals surface area contributed by atoms with Crippen molar-refractivity contribution in [3.8, 4) is 5.75 Å². The number of amides is 1. The summed E-state index contributed by atoms with van der Waals surface area (Å²) >= 11 is 6.24. The SMILES string of the molecule is CCc1cc(F)c(OCc2c(Cl)cccc2CC(=O)NC)cc1C. The van der Waals surface area contributed by atoms with Gasteiger partial charge in [0.2, 0.25) is 5.91 Å². The molecule has 5 heteroatoms. The maximum Gasteiger partial charge on any atom is 0.224 e. The maximum atomic E-state index is 14.2. The summed E-state index contributed by atoms with van der Waals surface area (Å²) < 4.78 is 19.8. The van der Waals surface area contributed by atoms with E-state index in [9.17, 15) is 9.18 Å². The van der Waals surface area contributed by atoms with Crippen LogP contribution in [0.4, 0.5) is 4.39 Å². The molecule has 0 saturated carbocycles. The van der Waals surface area contributed by atoms with Crippen LogP contribution < -0.4 is 10.1 Å². The van der Waals surface area contributed by atoms with E-state index < -0.39 is 5.82 Å². The minimum absolute atomic E-state index is 0.105. The number of carbonyl (C=O) groups is 1. The molecule has 24 heavy (non-hydrogen) atoms. The predicted molar refractivity (Wildman–Crippen MR) is 94.1 cm³/mol. The topological polar surface area (TPSA) is 38.3 Å². The van der Waals surface area contributed by atoms with Crippen LogP contribution in [0.3, 0.4) is 0 Å². The summed E-state index contributed by atoms with van der Waals surface area (Å²) in [7, 11) is 1.58. The van der Waals surface area contributed by atoms with Crippen LogP contribution in [0.5, 0.6) is 5.75 Å². The van der Waals surface area contributed by atoms with E-state index in [1.807, 2.05) is 19.9 Å². The zero-order chi connectivity index (χ0) is 17.7. The van der Waals surface area contributed by atoms with Crippen molar-refractivity contribution in [2.45, 2.75) is 33.3 Å². The number of ether oxygens (including phenoxy) is 1. The Labute approximate surface area is 146 Å². The number of hydrogen-bond acceptors (Lipinski definition) is 2. The first-order valence-electron chi connectivity index (χ1n) is 7.84. The molecule has 0 heterocycles. The smallest absolute Gasteiger partial charge is 0.224 e. The standard InChI is InChI=1S/C19H21ClFNO2/c1-4-13-9-17(21)18(8-12(13)2)24-11-15-14(10-19(23)22-3)6-5-7-16(15)20/h5-9H,4,10-11H2,1-3H3,(H,22,23). The summed E-state index contributed by atoms with van der Waals surface area (Å²) in [5, 5.41) is 3.08. The van der Waals surface area contributed by atoms with Crippen molar-refractivity contribution >= 4 is 17.5 Å². The van der Waals surface area contributed by atoms with Crippen molar-refractivity contribution in [1.29, 1.82) is 0 Å². The van der Waals surface area contributed by atoms with Gasteiger partial charge >= 0.3 is 0 Å². The van der Waals surface area contributed by atoms with Gasteiger partial charge in [0.25, 0.3) is 0 Å². The van der Waals surface area contributed by atoms with Gasteiger partial charge in [-0.25, -0.2) is 4.39 Å². The highest BCUT2D eigenvalue weighted by atomic mass is 35.5. The molecule has 0 aliphatic rings. The summed E-state index contributed by atoms with van der Waals surface area (Å²) in [5.74, 6) is -0.319. The molecule has 2 rings (SSSR count). The maximum absolute atomic E-state index is 14.2. The van der Waals surface area contributed by atoms with Gasteiger partial charge in [0.15, 0.2) is 11.6 Å². The van der Waals surface area contributed by atoms with Crippen molar-refractivity contribution in [3.05, 3.63) is 63.4 Å².